The van der Waals surface area contributed by atoms with Gasteiger partial charge in [-0.2, -0.15) is 13.6 Å². The second-order valence-electron chi connectivity index (χ2n) is 8.54. The Hall–Kier alpha value is -1.76. The second kappa shape index (κ2) is 14.3. The molecular formula is C18H25N4NaO17P4. The van der Waals surface area contributed by atoms with Crippen molar-refractivity contribution in [1.82, 2.24) is 20.6 Å². The number of carbonyl (C=O) groups is 1. The van der Waals surface area contributed by atoms with Gasteiger partial charge in [-0.15, -0.1) is 0 Å². The van der Waals surface area contributed by atoms with Gasteiger partial charge in [0.15, 0.2) is 11.5 Å². The molecule has 0 spiro atoms. The number of benzene rings is 1. The van der Waals surface area contributed by atoms with E-state index in [1.807, 2.05) is 0 Å². The maximum atomic E-state index is 12.8. The average Bonchev–Trinajstić information content (AvgIpc) is 3.41. The molecule has 0 aliphatic carbocycles. The van der Waals surface area contributed by atoms with Crippen molar-refractivity contribution in [2.45, 2.75) is 33.6 Å². The van der Waals surface area contributed by atoms with Gasteiger partial charge < -0.3 is 43.0 Å². The van der Waals surface area contributed by atoms with Crippen molar-refractivity contribution in [2.24, 2.45) is 0 Å². The Labute approximate surface area is 269 Å². The first-order chi connectivity index (χ1) is 19.6. The molecule has 2 unspecified atom stereocenters. The van der Waals surface area contributed by atoms with Gasteiger partial charge in [0.1, 0.15) is 17.1 Å². The van der Waals surface area contributed by atoms with Crippen molar-refractivity contribution in [3.05, 3.63) is 29.3 Å². The summed E-state index contributed by atoms with van der Waals surface area (Å²) in [5, 5.41) is 9.93. The van der Waals surface area contributed by atoms with E-state index in [9.17, 15) is 32.8 Å². The molecule has 0 aliphatic heterocycles. The fourth-order valence-corrected chi connectivity index (χ4v) is 6.62. The van der Waals surface area contributed by atoms with E-state index in [0.29, 0.717) is 6.07 Å². The van der Waals surface area contributed by atoms with Crippen LogP contribution in [0.15, 0.2) is 21.2 Å². The second-order valence-corrected chi connectivity index (χ2v) is 14.0. The minimum atomic E-state index is -5.73. The summed E-state index contributed by atoms with van der Waals surface area (Å²) < 4.78 is 75.0. The van der Waals surface area contributed by atoms with Gasteiger partial charge in [0.2, 0.25) is 11.7 Å². The van der Waals surface area contributed by atoms with Crippen LogP contribution in [0.2, 0.25) is 0 Å². The van der Waals surface area contributed by atoms with Gasteiger partial charge in [0.25, 0.3) is 5.91 Å². The van der Waals surface area contributed by atoms with E-state index in [-0.39, 0.29) is 58.9 Å². The van der Waals surface area contributed by atoms with Crippen LogP contribution in [0.25, 0.3) is 22.7 Å². The van der Waals surface area contributed by atoms with Crippen LogP contribution >= 0.6 is 31.3 Å². The molecule has 0 radical (unpaired) electrons. The molecule has 240 valence electrons. The van der Waals surface area contributed by atoms with Gasteiger partial charge in [-0.3, -0.25) is 14.6 Å². The van der Waals surface area contributed by atoms with Crippen LogP contribution in [0.1, 0.15) is 48.6 Å². The Kier molecular flexibility index (Phi) is 12.5. The van der Waals surface area contributed by atoms with E-state index in [1.165, 1.54) is 20.8 Å². The molecule has 3 aromatic rings. The Morgan fingerprint density at radius 3 is 1.91 bits per heavy atom. The van der Waals surface area contributed by atoms with E-state index in [4.69, 9.17) is 37.7 Å². The first-order valence-electron chi connectivity index (χ1n) is 11.5. The fourth-order valence-electron chi connectivity index (χ4n) is 3.39. The van der Waals surface area contributed by atoms with Crippen LogP contribution in [-0.2, 0) is 26.9 Å². The standard InChI is InChI=1S/C18H24N4O17P4.Na.H/c1-5-19-18(23)15-14(17-20-9(4)34-22-17)16(35-21-15)11-6-10(8(2)3)12(36-42(30,31)38-40(24,25)26)7-13(11)37-43(32,33)39-41(27,28)29;;/h6-8H,5H2,1-4H3,(H,19,23)(H,30,31)(H,32,33)(H2,24,25,26)(H2,27,28,29);;. The van der Waals surface area contributed by atoms with Crippen molar-refractivity contribution >= 4 is 66.8 Å². The fraction of sp³-hybridized carbons (Fsp3) is 0.333. The molecule has 0 fully saturated rings. The summed E-state index contributed by atoms with van der Waals surface area (Å²) in [7, 11) is -22.6. The number of aryl methyl sites for hydroxylation is 1. The van der Waals surface area contributed by atoms with E-state index >= 15 is 0 Å². The molecule has 2 heterocycles. The van der Waals surface area contributed by atoms with Crippen LogP contribution in [0.4, 0.5) is 0 Å². The molecule has 0 aliphatic rings. The molecule has 0 saturated heterocycles. The topological polar surface area (TPSA) is 321 Å². The van der Waals surface area contributed by atoms with E-state index in [0.717, 1.165) is 6.07 Å². The summed E-state index contributed by atoms with van der Waals surface area (Å²) >= 11 is 0. The normalized spacial score (nSPS) is 14.8. The zero-order valence-electron chi connectivity index (χ0n) is 22.2. The van der Waals surface area contributed by atoms with Crippen molar-refractivity contribution in [3.8, 4) is 34.2 Å². The molecular weight excluding hydrogens is 691 g/mol. The quantitative estimate of drug-likeness (QED) is 0.0983. The van der Waals surface area contributed by atoms with Crippen LogP contribution in [0, 0.1) is 6.92 Å². The molecule has 3 rings (SSSR count). The zero-order chi connectivity index (χ0) is 32.5. The van der Waals surface area contributed by atoms with Crippen molar-refractivity contribution < 1.29 is 79.1 Å². The van der Waals surface area contributed by atoms with E-state index in [2.05, 4.69) is 29.2 Å². The monoisotopic (exact) mass is 716 g/mol. The zero-order valence-corrected chi connectivity index (χ0v) is 25.8. The van der Waals surface area contributed by atoms with Gasteiger partial charge in [0.05, 0.1) is 5.56 Å². The van der Waals surface area contributed by atoms with E-state index < -0.39 is 71.6 Å². The van der Waals surface area contributed by atoms with Gasteiger partial charge in [-0.05, 0) is 24.5 Å². The SMILES string of the molecule is CCNC(=O)c1noc(-c2cc(C(C)C)c(OP(=O)(O)OP(=O)(O)O)cc2OP(=O)(O)OP(=O)(O)O)c1-c1noc(C)n1.[NaH]. The first-order valence-corrected chi connectivity index (χ1v) is 17.5. The molecule has 26 heteroatoms. The van der Waals surface area contributed by atoms with Crippen LogP contribution in [0.3, 0.4) is 0 Å². The molecule has 2 aromatic heterocycles. The van der Waals surface area contributed by atoms with Gasteiger partial charge in [0, 0.05) is 19.5 Å². The summed E-state index contributed by atoms with van der Waals surface area (Å²) in [5.41, 5.74) is -1.11. The predicted octanol–water partition coefficient (Wildman–Crippen LogP) is 2.10. The van der Waals surface area contributed by atoms with Gasteiger partial charge in [-0.1, -0.05) is 24.2 Å². The van der Waals surface area contributed by atoms with Crippen molar-refractivity contribution in [2.75, 3.05) is 6.54 Å². The molecule has 2 atom stereocenters. The summed E-state index contributed by atoms with van der Waals surface area (Å²) in [6.45, 7) is 6.22. The number of amides is 1. The molecule has 21 nitrogen and oxygen atoms in total. The number of phosphoric ester groups is 2. The number of nitrogens with one attached hydrogen (secondary N) is 1. The number of rotatable bonds is 13. The van der Waals surface area contributed by atoms with Crippen LogP contribution in [-0.4, -0.2) is 86.7 Å². The Morgan fingerprint density at radius 1 is 0.909 bits per heavy atom. The van der Waals surface area contributed by atoms with Gasteiger partial charge >= 0.3 is 60.8 Å². The Balaban J connectivity index is 0.00000675. The number of aromatic nitrogens is 3. The average molecular weight is 716 g/mol. The first kappa shape index (κ1) is 38.4. The Bertz CT molecular complexity index is 1710. The molecule has 1 amide bonds. The number of nitrogens with zero attached hydrogens (tertiary/aromatic N) is 3. The number of hydrogen-bond donors (Lipinski definition) is 7. The van der Waals surface area contributed by atoms with E-state index in [1.54, 1.807) is 6.92 Å². The summed E-state index contributed by atoms with van der Waals surface area (Å²) in [6.07, 6.45) is 0. The molecule has 7 N–H and O–H groups in total. The number of phosphoric acid groups is 4. The summed E-state index contributed by atoms with van der Waals surface area (Å²) in [4.78, 5) is 72.8. The van der Waals surface area contributed by atoms with Gasteiger partial charge in [-0.25, -0.2) is 18.3 Å². The van der Waals surface area contributed by atoms with Crippen molar-refractivity contribution in [3.63, 3.8) is 0 Å². The van der Waals surface area contributed by atoms with Crippen molar-refractivity contribution in [1.29, 1.82) is 0 Å². The number of hydrogen-bond acceptors (Lipinski definition) is 14. The third-order valence-corrected chi connectivity index (χ3v) is 9.03. The van der Waals surface area contributed by atoms with Crippen LogP contribution in [0.5, 0.6) is 11.5 Å². The molecule has 44 heavy (non-hydrogen) atoms. The number of carbonyl (C=O) groups excluding carboxylic acids is 1. The third-order valence-electron chi connectivity index (χ3n) is 4.82. The third kappa shape index (κ3) is 10.4. The summed E-state index contributed by atoms with van der Waals surface area (Å²) in [6, 6.07) is 1.69. The molecule has 1 aromatic carbocycles. The molecule has 0 bridgehead atoms. The van der Waals surface area contributed by atoms with Crippen LogP contribution < -0.4 is 14.4 Å². The maximum absolute atomic E-state index is 12.8. The molecule has 0 saturated carbocycles. The predicted molar refractivity (Wildman–Crippen MR) is 146 cm³/mol. The summed E-state index contributed by atoms with van der Waals surface area (Å²) in [5.74, 6) is -3.74. The Morgan fingerprint density at radius 2 is 1.45 bits per heavy atom. The minimum absolute atomic E-state index is 0.